The molecule has 1 saturated heterocycles. The van der Waals surface area contributed by atoms with Gasteiger partial charge in [0.25, 0.3) is 0 Å². The van der Waals surface area contributed by atoms with E-state index in [1.54, 1.807) is 18.3 Å². The second-order valence-corrected chi connectivity index (χ2v) is 8.54. The monoisotopic (exact) mass is 464 g/mol. The third-order valence-corrected chi connectivity index (χ3v) is 6.10. The highest BCUT2D eigenvalue weighted by Gasteiger charge is 2.30. The molecule has 2 amide bonds. The van der Waals surface area contributed by atoms with Crippen molar-refractivity contribution >= 4 is 28.7 Å². The van der Waals surface area contributed by atoms with Gasteiger partial charge in [0.1, 0.15) is 17.8 Å². The number of aromatic nitrogens is 1. The van der Waals surface area contributed by atoms with Crippen LogP contribution in [-0.4, -0.2) is 57.7 Å². The molecule has 1 fully saturated rings. The van der Waals surface area contributed by atoms with Gasteiger partial charge in [0.05, 0.1) is 6.04 Å². The SMILES string of the molecule is O=C(O)[C@H](Cc1ccc(O)cc1)NC(=O)[C@H](Cc1c[nH]c2ccccc12)NC(=O)[C@@H]1CCCN1. The first kappa shape index (κ1) is 23.3. The predicted molar refractivity (Wildman–Crippen MR) is 126 cm³/mol. The van der Waals surface area contributed by atoms with Crippen molar-refractivity contribution in [3.63, 3.8) is 0 Å². The lowest BCUT2D eigenvalue weighted by atomic mass is 10.0. The van der Waals surface area contributed by atoms with Crippen LogP contribution < -0.4 is 16.0 Å². The Morgan fingerprint density at radius 1 is 1.00 bits per heavy atom. The van der Waals surface area contributed by atoms with Crippen LogP contribution in [-0.2, 0) is 27.2 Å². The second kappa shape index (κ2) is 10.4. The largest absolute Gasteiger partial charge is 0.508 e. The van der Waals surface area contributed by atoms with Crippen LogP contribution in [0.2, 0.25) is 0 Å². The molecule has 4 rings (SSSR count). The third kappa shape index (κ3) is 5.55. The molecule has 0 aliphatic carbocycles. The fourth-order valence-electron chi connectivity index (χ4n) is 4.25. The maximum absolute atomic E-state index is 13.3. The van der Waals surface area contributed by atoms with Crippen molar-refractivity contribution in [2.24, 2.45) is 0 Å². The highest BCUT2D eigenvalue weighted by molar-refractivity contribution is 5.93. The summed E-state index contributed by atoms with van der Waals surface area (Å²) in [5.41, 5.74) is 2.41. The van der Waals surface area contributed by atoms with Gasteiger partial charge in [0, 0.05) is 29.9 Å². The maximum atomic E-state index is 13.3. The summed E-state index contributed by atoms with van der Waals surface area (Å²) < 4.78 is 0. The van der Waals surface area contributed by atoms with Crippen molar-refractivity contribution < 1.29 is 24.6 Å². The van der Waals surface area contributed by atoms with Crippen LogP contribution in [0.1, 0.15) is 24.0 Å². The number of nitrogens with one attached hydrogen (secondary N) is 4. The van der Waals surface area contributed by atoms with Crippen molar-refractivity contribution in [2.45, 2.75) is 43.8 Å². The summed E-state index contributed by atoms with van der Waals surface area (Å²) in [5.74, 6) is -1.96. The number of amides is 2. The molecule has 9 heteroatoms. The van der Waals surface area contributed by atoms with Crippen LogP contribution in [0.15, 0.2) is 54.7 Å². The van der Waals surface area contributed by atoms with Crippen LogP contribution in [0, 0.1) is 0 Å². The predicted octanol–water partition coefficient (Wildman–Crippen LogP) is 1.46. The molecule has 1 aliphatic rings. The Hall–Kier alpha value is -3.85. The van der Waals surface area contributed by atoms with Gasteiger partial charge in [-0.25, -0.2) is 4.79 Å². The quantitative estimate of drug-likeness (QED) is 0.283. The highest BCUT2D eigenvalue weighted by atomic mass is 16.4. The first-order valence-electron chi connectivity index (χ1n) is 11.3. The number of aromatic hydroxyl groups is 1. The number of phenolic OH excluding ortho intramolecular Hbond substituents is 1. The van der Waals surface area contributed by atoms with E-state index in [-0.39, 0.29) is 30.5 Å². The molecule has 3 aromatic rings. The Bertz CT molecular complexity index is 1170. The average Bonchev–Trinajstić information content (AvgIpc) is 3.50. The van der Waals surface area contributed by atoms with E-state index in [0.717, 1.165) is 29.4 Å². The normalized spacial score (nSPS) is 17.2. The zero-order chi connectivity index (χ0) is 24.1. The van der Waals surface area contributed by atoms with Crippen molar-refractivity contribution in [3.8, 4) is 5.75 Å². The number of H-pyrrole nitrogens is 1. The molecule has 1 aromatic heterocycles. The first-order chi connectivity index (χ1) is 16.4. The molecule has 3 atom stereocenters. The molecule has 6 N–H and O–H groups in total. The fourth-order valence-corrected chi connectivity index (χ4v) is 4.25. The summed E-state index contributed by atoms with van der Waals surface area (Å²) in [7, 11) is 0. The number of carboxylic acids is 1. The summed E-state index contributed by atoms with van der Waals surface area (Å²) in [4.78, 5) is 41.1. The minimum Gasteiger partial charge on any atom is -0.508 e. The summed E-state index contributed by atoms with van der Waals surface area (Å²) >= 11 is 0. The van der Waals surface area contributed by atoms with Crippen molar-refractivity contribution in [2.75, 3.05) is 6.54 Å². The molecule has 0 unspecified atom stereocenters. The van der Waals surface area contributed by atoms with E-state index in [1.807, 2.05) is 24.3 Å². The van der Waals surface area contributed by atoms with E-state index in [0.29, 0.717) is 12.0 Å². The Kier molecular flexibility index (Phi) is 7.12. The molecule has 9 nitrogen and oxygen atoms in total. The molecule has 1 aliphatic heterocycles. The molecule has 178 valence electrons. The standard InChI is InChI=1S/C25H28N4O5/c30-17-9-7-15(8-10-17)12-22(25(33)34)29-24(32)21(28-23(31)20-6-3-11-26-20)13-16-14-27-19-5-2-1-4-18(16)19/h1-2,4-5,7-10,14,20-22,26-27,30H,3,6,11-13H2,(H,28,31)(H,29,32)(H,33,34)/t20-,21-,22-/m0/s1. The average molecular weight is 465 g/mol. The molecule has 2 aromatic carbocycles. The molecule has 0 radical (unpaired) electrons. The number of fused-ring (bicyclic) bond motifs is 1. The van der Waals surface area contributed by atoms with Crippen LogP contribution in [0.5, 0.6) is 5.75 Å². The van der Waals surface area contributed by atoms with Crippen LogP contribution in [0.3, 0.4) is 0 Å². The number of hydrogen-bond donors (Lipinski definition) is 6. The number of phenols is 1. The number of benzene rings is 2. The zero-order valence-corrected chi connectivity index (χ0v) is 18.6. The Balaban J connectivity index is 1.53. The number of carbonyl (C=O) groups excluding carboxylic acids is 2. The number of hydrogen-bond acceptors (Lipinski definition) is 5. The summed E-state index contributed by atoms with van der Waals surface area (Å²) in [5, 5.41) is 28.6. The van der Waals surface area contributed by atoms with Crippen LogP contribution in [0.25, 0.3) is 10.9 Å². The lowest BCUT2D eigenvalue weighted by Gasteiger charge is -2.23. The molecular weight excluding hydrogens is 436 g/mol. The zero-order valence-electron chi connectivity index (χ0n) is 18.6. The van der Waals surface area contributed by atoms with Crippen LogP contribution in [0.4, 0.5) is 0 Å². The van der Waals surface area contributed by atoms with Crippen molar-refractivity contribution in [1.82, 2.24) is 20.9 Å². The Morgan fingerprint density at radius 2 is 1.76 bits per heavy atom. The smallest absolute Gasteiger partial charge is 0.326 e. The number of rotatable bonds is 9. The number of carbonyl (C=O) groups is 3. The maximum Gasteiger partial charge on any atom is 0.326 e. The first-order valence-corrected chi connectivity index (χ1v) is 11.3. The van der Waals surface area contributed by atoms with E-state index in [2.05, 4.69) is 20.9 Å². The number of aromatic amines is 1. The van der Waals surface area contributed by atoms with Gasteiger partial charge >= 0.3 is 5.97 Å². The minimum atomic E-state index is -1.19. The lowest BCUT2D eigenvalue weighted by molar-refractivity contribution is -0.142. The number of carboxylic acid groups (broad SMARTS) is 1. The summed E-state index contributed by atoms with van der Waals surface area (Å²) in [6.07, 6.45) is 3.62. The molecule has 34 heavy (non-hydrogen) atoms. The Labute approximate surface area is 196 Å². The molecule has 0 saturated carbocycles. The lowest BCUT2D eigenvalue weighted by Crippen LogP contribution is -2.55. The van der Waals surface area contributed by atoms with Gasteiger partial charge in [-0.3, -0.25) is 9.59 Å². The van der Waals surface area contributed by atoms with Gasteiger partial charge < -0.3 is 31.1 Å². The van der Waals surface area contributed by atoms with E-state index in [4.69, 9.17) is 0 Å². The van der Waals surface area contributed by atoms with E-state index < -0.39 is 24.0 Å². The van der Waals surface area contributed by atoms with Gasteiger partial charge in [0.15, 0.2) is 0 Å². The van der Waals surface area contributed by atoms with Gasteiger partial charge in [-0.2, -0.15) is 0 Å². The molecule has 0 spiro atoms. The van der Waals surface area contributed by atoms with Crippen LogP contribution >= 0.6 is 0 Å². The summed E-state index contributed by atoms with van der Waals surface area (Å²) in [6, 6.07) is 11.3. The number of aliphatic carboxylic acids is 1. The van der Waals surface area contributed by atoms with Crippen molar-refractivity contribution in [3.05, 3.63) is 65.9 Å². The van der Waals surface area contributed by atoms with E-state index in [1.165, 1.54) is 12.1 Å². The molecular formula is C25H28N4O5. The minimum absolute atomic E-state index is 0.0410. The van der Waals surface area contributed by atoms with Gasteiger partial charge in [-0.15, -0.1) is 0 Å². The molecule has 0 bridgehead atoms. The highest BCUT2D eigenvalue weighted by Crippen LogP contribution is 2.20. The molecule has 2 heterocycles. The van der Waals surface area contributed by atoms with Gasteiger partial charge in [-0.1, -0.05) is 30.3 Å². The summed E-state index contributed by atoms with van der Waals surface area (Å²) in [6.45, 7) is 0.741. The second-order valence-electron chi connectivity index (χ2n) is 8.54. The third-order valence-electron chi connectivity index (χ3n) is 6.10. The van der Waals surface area contributed by atoms with Gasteiger partial charge in [0.2, 0.25) is 11.8 Å². The fraction of sp³-hybridized carbons (Fsp3) is 0.320. The van der Waals surface area contributed by atoms with E-state index >= 15 is 0 Å². The Morgan fingerprint density at radius 3 is 2.47 bits per heavy atom. The van der Waals surface area contributed by atoms with Gasteiger partial charge in [-0.05, 0) is 48.7 Å². The number of para-hydroxylation sites is 1. The topological polar surface area (TPSA) is 144 Å². The van der Waals surface area contributed by atoms with E-state index in [9.17, 15) is 24.6 Å². The van der Waals surface area contributed by atoms with Crippen molar-refractivity contribution in [1.29, 1.82) is 0 Å².